The van der Waals surface area contributed by atoms with Crippen LogP contribution >= 0.6 is 0 Å². The summed E-state index contributed by atoms with van der Waals surface area (Å²) in [6.45, 7) is 11.3. The number of hydrogen-bond acceptors (Lipinski definition) is 1. The Balaban J connectivity index is 1.38. The summed E-state index contributed by atoms with van der Waals surface area (Å²) in [7, 11) is 0. The number of nitrogens with one attached hydrogen (secondary N) is 1. The molecule has 0 aliphatic carbocycles. The van der Waals surface area contributed by atoms with E-state index in [4.69, 9.17) is 0 Å². The minimum atomic E-state index is -0.0566. The maximum Gasteiger partial charge on any atom is 0.251 e. The lowest BCUT2D eigenvalue weighted by Gasteiger charge is -2.15. The standard InChI is InChI=1S/C34H34N2O/c1-22-10-14-28(15-11-22)25(4)35-34(37)30-18-19-33-32(20-30)24(3)26(5)36(33)21-27-12-16-29(17-13-27)31-9-7-6-8-23(31)2/h6-20,25H,21H2,1-5H3,(H,35,37)/t25-/m0/s1. The molecule has 1 N–H and O–H groups in total. The van der Waals surface area contributed by atoms with Crippen molar-refractivity contribution in [2.75, 3.05) is 0 Å². The zero-order valence-corrected chi connectivity index (χ0v) is 22.3. The third-order valence-corrected chi connectivity index (χ3v) is 7.58. The van der Waals surface area contributed by atoms with Crippen molar-refractivity contribution < 1.29 is 4.79 Å². The molecule has 5 rings (SSSR count). The van der Waals surface area contributed by atoms with Crippen molar-refractivity contribution in [3.8, 4) is 11.1 Å². The van der Waals surface area contributed by atoms with Gasteiger partial charge in [0, 0.05) is 28.7 Å². The maximum atomic E-state index is 13.1. The number of nitrogens with zero attached hydrogens (tertiary/aromatic N) is 1. The number of aryl methyl sites for hydroxylation is 3. The maximum absolute atomic E-state index is 13.1. The monoisotopic (exact) mass is 486 g/mol. The SMILES string of the molecule is Cc1ccc([C@H](C)NC(=O)c2ccc3c(c2)c(C)c(C)n3Cc2ccc(-c3ccccc3C)cc2)cc1. The van der Waals surface area contributed by atoms with Gasteiger partial charge in [-0.15, -0.1) is 0 Å². The molecule has 0 unspecified atom stereocenters. The molecule has 1 atom stereocenters. The molecule has 0 radical (unpaired) electrons. The normalized spacial score (nSPS) is 12.0. The van der Waals surface area contributed by atoms with Crippen LogP contribution in [0.5, 0.6) is 0 Å². The van der Waals surface area contributed by atoms with Crippen LogP contribution < -0.4 is 5.32 Å². The second-order valence-corrected chi connectivity index (χ2v) is 10.1. The van der Waals surface area contributed by atoms with Gasteiger partial charge in [0.05, 0.1) is 6.04 Å². The van der Waals surface area contributed by atoms with Gasteiger partial charge in [-0.25, -0.2) is 0 Å². The molecule has 0 saturated heterocycles. The summed E-state index contributed by atoms with van der Waals surface area (Å²) in [5.74, 6) is -0.0495. The van der Waals surface area contributed by atoms with E-state index < -0.39 is 0 Å². The quantitative estimate of drug-likeness (QED) is 0.259. The lowest BCUT2D eigenvalue weighted by molar-refractivity contribution is 0.0940. The van der Waals surface area contributed by atoms with Crippen molar-refractivity contribution in [3.63, 3.8) is 0 Å². The van der Waals surface area contributed by atoms with Crippen LogP contribution in [0.1, 0.15) is 56.8 Å². The van der Waals surface area contributed by atoms with Crippen LogP contribution in [-0.4, -0.2) is 10.5 Å². The number of aromatic nitrogens is 1. The van der Waals surface area contributed by atoms with Crippen molar-refractivity contribution in [3.05, 3.63) is 130 Å². The van der Waals surface area contributed by atoms with Gasteiger partial charge in [-0.2, -0.15) is 0 Å². The number of fused-ring (bicyclic) bond motifs is 1. The first-order valence-electron chi connectivity index (χ1n) is 12.9. The molecule has 0 saturated carbocycles. The molecule has 0 aliphatic rings. The Labute approximate surface area is 219 Å². The predicted octanol–water partition coefficient (Wildman–Crippen LogP) is 8.08. The molecule has 0 aliphatic heterocycles. The number of carbonyl (C=O) groups excluding carboxylic acids is 1. The Morgan fingerprint density at radius 1 is 0.838 bits per heavy atom. The summed E-state index contributed by atoms with van der Waals surface area (Å²) >= 11 is 0. The van der Waals surface area contributed by atoms with Crippen molar-refractivity contribution in [1.82, 2.24) is 9.88 Å². The van der Waals surface area contributed by atoms with Gasteiger partial charge in [-0.1, -0.05) is 78.4 Å². The first-order chi connectivity index (χ1) is 17.8. The van der Waals surface area contributed by atoms with Crippen LogP contribution in [0, 0.1) is 27.7 Å². The number of carbonyl (C=O) groups is 1. The van der Waals surface area contributed by atoms with Gasteiger partial charge in [0.2, 0.25) is 0 Å². The summed E-state index contributed by atoms with van der Waals surface area (Å²) in [4.78, 5) is 13.1. The van der Waals surface area contributed by atoms with E-state index in [2.05, 4.69) is 116 Å². The Kier molecular flexibility index (Phi) is 6.71. The Hall–Kier alpha value is -4.11. The minimum absolute atomic E-state index is 0.0495. The van der Waals surface area contributed by atoms with Crippen LogP contribution in [0.15, 0.2) is 91.0 Å². The van der Waals surface area contributed by atoms with E-state index in [1.807, 2.05) is 19.1 Å². The lowest BCUT2D eigenvalue weighted by Crippen LogP contribution is -2.26. The van der Waals surface area contributed by atoms with E-state index in [9.17, 15) is 4.79 Å². The van der Waals surface area contributed by atoms with E-state index in [1.165, 1.54) is 39.1 Å². The molecule has 0 bridgehead atoms. The van der Waals surface area contributed by atoms with Gasteiger partial charge in [0.1, 0.15) is 0 Å². The third-order valence-electron chi connectivity index (χ3n) is 7.58. The summed E-state index contributed by atoms with van der Waals surface area (Å²) in [5, 5.41) is 4.28. The van der Waals surface area contributed by atoms with Gasteiger partial charge in [-0.3, -0.25) is 4.79 Å². The first kappa shape index (κ1) is 24.6. The molecule has 3 nitrogen and oxygen atoms in total. The molecule has 0 fully saturated rings. The number of rotatable bonds is 6. The van der Waals surface area contributed by atoms with E-state index >= 15 is 0 Å². The van der Waals surface area contributed by atoms with Gasteiger partial charge in [-0.05, 0) is 86.2 Å². The molecule has 5 aromatic rings. The highest BCUT2D eigenvalue weighted by atomic mass is 16.1. The summed E-state index contributed by atoms with van der Waals surface area (Å²) < 4.78 is 2.35. The second-order valence-electron chi connectivity index (χ2n) is 10.1. The van der Waals surface area contributed by atoms with Crippen molar-refractivity contribution in [1.29, 1.82) is 0 Å². The highest BCUT2D eigenvalue weighted by molar-refractivity contribution is 5.99. The van der Waals surface area contributed by atoms with Crippen LogP contribution in [0.25, 0.3) is 22.0 Å². The molecule has 1 amide bonds. The predicted molar refractivity (Wildman–Crippen MR) is 154 cm³/mol. The van der Waals surface area contributed by atoms with Gasteiger partial charge >= 0.3 is 0 Å². The fourth-order valence-corrected chi connectivity index (χ4v) is 5.08. The van der Waals surface area contributed by atoms with Gasteiger partial charge in [0.25, 0.3) is 5.91 Å². The number of hydrogen-bond donors (Lipinski definition) is 1. The summed E-state index contributed by atoms with van der Waals surface area (Å²) in [6, 6.07) is 31.7. The Bertz CT molecular complexity index is 1570. The average Bonchev–Trinajstić information content (AvgIpc) is 3.14. The van der Waals surface area contributed by atoms with Crippen molar-refractivity contribution >= 4 is 16.8 Å². The van der Waals surface area contributed by atoms with E-state index in [1.54, 1.807) is 0 Å². The Morgan fingerprint density at radius 2 is 1.54 bits per heavy atom. The third kappa shape index (κ3) is 4.95. The molecule has 4 aromatic carbocycles. The van der Waals surface area contributed by atoms with E-state index in [0.29, 0.717) is 5.56 Å². The van der Waals surface area contributed by atoms with Crippen LogP contribution in [-0.2, 0) is 6.54 Å². The fraction of sp³-hybridized carbons (Fsp3) is 0.206. The molecular formula is C34H34N2O. The molecule has 0 spiro atoms. The smallest absolute Gasteiger partial charge is 0.251 e. The highest BCUT2D eigenvalue weighted by Gasteiger charge is 2.16. The molecule has 186 valence electrons. The average molecular weight is 487 g/mol. The number of benzene rings is 4. The number of amides is 1. The minimum Gasteiger partial charge on any atom is -0.346 e. The zero-order chi connectivity index (χ0) is 26.1. The van der Waals surface area contributed by atoms with Gasteiger partial charge in [0.15, 0.2) is 0 Å². The van der Waals surface area contributed by atoms with Gasteiger partial charge < -0.3 is 9.88 Å². The first-order valence-corrected chi connectivity index (χ1v) is 12.9. The van der Waals surface area contributed by atoms with Crippen LogP contribution in [0.4, 0.5) is 0 Å². The van der Waals surface area contributed by atoms with Crippen LogP contribution in [0.3, 0.4) is 0 Å². The highest BCUT2D eigenvalue weighted by Crippen LogP contribution is 2.29. The van der Waals surface area contributed by atoms with Crippen LogP contribution in [0.2, 0.25) is 0 Å². The van der Waals surface area contributed by atoms with Crippen molar-refractivity contribution in [2.45, 2.75) is 47.2 Å². The zero-order valence-electron chi connectivity index (χ0n) is 22.3. The topological polar surface area (TPSA) is 34.0 Å². The molecule has 1 heterocycles. The molecule has 1 aromatic heterocycles. The largest absolute Gasteiger partial charge is 0.346 e. The lowest BCUT2D eigenvalue weighted by atomic mass is 9.99. The fourth-order valence-electron chi connectivity index (χ4n) is 5.08. The Morgan fingerprint density at radius 3 is 2.24 bits per heavy atom. The summed E-state index contributed by atoms with van der Waals surface area (Å²) in [6.07, 6.45) is 0. The van der Waals surface area contributed by atoms with Crippen molar-refractivity contribution in [2.24, 2.45) is 0 Å². The molecular weight excluding hydrogens is 452 g/mol. The molecule has 37 heavy (non-hydrogen) atoms. The molecule has 3 heteroatoms. The van der Waals surface area contributed by atoms with E-state index in [0.717, 1.165) is 23.0 Å². The second kappa shape index (κ2) is 10.1. The van der Waals surface area contributed by atoms with E-state index in [-0.39, 0.29) is 11.9 Å². The summed E-state index contributed by atoms with van der Waals surface area (Å²) in [5.41, 5.74) is 11.7.